The van der Waals surface area contributed by atoms with Crippen LogP contribution >= 0.6 is 34.8 Å². The van der Waals surface area contributed by atoms with Gasteiger partial charge in [0.1, 0.15) is 22.7 Å². The van der Waals surface area contributed by atoms with Crippen molar-refractivity contribution in [1.29, 1.82) is 0 Å². The summed E-state index contributed by atoms with van der Waals surface area (Å²) in [5.41, 5.74) is 1.43. The van der Waals surface area contributed by atoms with Gasteiger partial charge in [0.05, 0.1) is 37.2 Å². The van der Waals surface area contributed by atoms with Crippen LogP contribution in [0.3, 0.4) is 0 Å². The van der Waals surface area contributed by atoms with Gasteiger partial charge >= 0.3 is 0 Å². The summed E-state index contributed by atoms with van der Waals surface area (Å²) in [6.45, 7) is 3.48. The average Bonchev–Trinajstić information content (AvgIpc) is 3.02. The van der Waals surface area contributed by atoms with Crippen LogP contribution < -0.4 is 19.9 Å². The standard InChI is InChI=1S/C35H28Cl3N3O6/c1-18(42)31-33(41(19(2)43)20(3)44)28-16-27(21-6-9-23(36)10-7-21)32(26-13-11-24(37)14-29(26)38)39-34(28)40(35(31)45)17-22-8-12-25(46-4)15-30(22)47-5/h6-16H,17H2,1-5H3. The maximum atomic E-state index is 14.4. The highest BCUT2D eigenvalue weighted by Crippen LogP contribution is 2.41. The number of rotatable bonds is 8. The molecule has 2 aromatic heterocycles. The first-order chi connectivity index (χ1) is 22.4. The molecular weight excluding hydrogens is 665 g/mol. The number of benzene rings is 3. The van der Waals surface area contributed by atoms with Crippen LogP contribution in [-0.2, 0) is 16.1 Å². The van der Waals surface area contributed by atoms with Crippen molar-refractivity contribution in [1.82, 2.24) is 9.55 Å². The average molecular weight is 693 g/mol. The van der Waals surface area contributed by atoms with Crippen molar-refractivity contribution in [3.05, 3.63) is 103 Å². The molecule has 0 radical (unpaired) electrons. The predicted molar refractivity (Wildman–Crippen MR) is 184 cm³/mol. The first-order valence-corrected chi connectivity index (χ1v) is 15.4. The molecule has 0 saturated heterocycles. The van der Waals surface area contributed by atoms with Crippen molar-refractivity contribution in [2.24, 2.45) is 0 Å². The molecule has 0 unspecified atom stereocenters. The minimum absolute atomic E-state index is 0.0825. The van der Waals surface area contributed by atoms with E-state index >= 15 is 0 Å². The lowest BCUT2D eigenvalue weighted by Crippen LogP contribution is -2.38. The second-order valence-electron chi connectivity index (χ2n) is 10.6. The molecule has 0 N–H and O–H groups in total. The summed E-state index contributed by atoms with van der Waals surface area (Å²) in [7, 11) is 3.00. The van der Waals surface area contributed by atoms with E-state index in [0.717, 1.165) is 4.90 Å². The number of fused-ring (bicyclic) bond motifs is 1. The molecule has 2 heterocycles. The number of halogens is 3. The van der Waals surface area contributed by atoms with Crippen LogP contribution in [0.5, 0.6) is 11.5 Å². The summed E-state index contributed by atoms with van der Waals surface area (Å²) in [6.07, 6.45) is 0. The summed E-state index contributed by atoms with van der Waals surface area (Å²) in [5.74, 6) is -1.06. The molecule has 12 heteroatoms. The minimum atomic E-state index is -0.759. The van der Waals surface area contributed by atoms with E-state index in [1.165, 1.54) is 39.6 Å². The number of nitrogens with zero attached hydrogens (tertiary/aromatic N) is 3. The zero-order valence-corrected chi connectivity index (χ0v) is 28.3. The van der Waals surface area contributed by atoms with Gasteiger partial charge in [0.15, 0.2) is 5.78 Å². The number of hydrogen-bond donors (Lipinski definition) is 0. The second kappa shape index (κ2) is 13.6. The Morgan fingerprint density at radius 3 is 2.04 bits per heavy atom. The summed E-state index contributed by atoms with van der Waals surface area (Å²) in [5, 5.41) is 1.39. The van der Waals surface area contributed by atoms with Gasteiger partial charge in [0, 0.05) is 52.0 Å². The van der Waals surface area contributed by atoms with E-state index in [9.17, 15) is 19.2 Å². The third kappa shape index (κ3) is 6.47. The molecule has 5 aromatic rings. The molecule has 0 bridgehead atoms. The monoisotopic (exact) mass is 691 g/mol. The molecule has 0 aliphatic heterocycles. The molecule has 0 fully saturated rings. The van der Waals surface area contributed by atoms with E-state index in [1.54, 1.807) is 66.7 Å². The van der Waals surface area contributed by atoms with Gasteiger partial charge in [-0.1, -0.05) is 46.9 Å². The molecule has 240 valence electrons. The molecule has 5 rings (SSSR count). The molecular formula is C35H28Cl3N3O6. The van der Waals surface area contributed by atoms with Crippen LogP contribution in [0.25, 0.3) is 33.4 Å². The Labute approximate surface area is 285 Å². The maximum absolute atomic E-state index is 14.4. The fraction of sp³-hybridized carbons (Fsp3) is 0.171. The number of hydrogen-bond acceptors (Lipinski definition) is 7. The van der Waals surface area contributed by atoms with Crippen molar-refractivity contribution >= 4 is 69.1 Å². The summed E-state index contributed by atoms with van der Waals surface area (Å²) >= 11 is 19.2. The van der Waals surface area contributed by atoms with E-state index in [2.05, 4.69) is 0 Å². The number of pyridine rings is 2. The zero-order chi connectivity index (χ0) is 34.2. The van der Waals surface area contributed by atoms with Gasteiger partial charge in [0.25, 0.3) is 5.56 Å². The lowest BCUT2D eigenvalue weighted by Gasteiger charge is -2.25. The zero-order valence-electron chi connectivity index (χ0n) is 26.0. The van der Waals surface area contributed by atoms with Crippen LogP contribution in [0.2, 0.25) is 15.1 Å². The fourth-order valence-electron chi connectivity index (χ4n) is 5.47. The Hall–Kier alpha value is -4.70. The molecule has 0 spiro atoms. The van der Waals surface area contributed by atoms with E-state index in [1.807, 2.05) is 0 Å². The summed E-state index contributed by atoms with van der Waals surface area (Å²) in [6, 6.07) is 18.7. The van der Waals surface area contributed by atoms with Crippen LogP contribution in [-0.4, -0.2) is 41.4 Å². The quantitative estimate of drug-likeness (QED) is 0.152. The van der Waals surface area contributed by atoms with E-state index in [-0.39, 0.29) is 28.8 Å². The number of aromatic nitrogens is 2. The highest BCUT2D eigenvalue weighted by Gasteiger charge is 2.31. The molecule has 0 saturated carbocycles. The van der Waals surface area contributed by atoms with Crippen LogP contribution in [0.4, 0.5) is 5.69 Å². The van der Waals surface area contributed by atoms with Crippen LogP contribution in [0.15, 0.2) is 71.5 Å². The highest BCUT2D eigenvalue weighted by atomic mass is 35.5. The predicted octanol–water partition coefficient (Wildman–Crippen LogP) is 7.86. The topological polar surface area (TPSA) is 108 Å². The van der Waals surface area contributed by atoms with Crippen LogP contribution in [0, 0.1) is 0 Å². The third-order valence-corrected chi connectivity index (χ3v) is 8.38. The molecule has 47 heavy (non-hydrogen) atoms. The van der Waals surface area contributed by atoms with Gasteiger partial charge in [-0.2, -0.15) is 0 Å². The van der Waals surface area contributed by atoms with E-state index < -0.39 is 23.2 Å². The Morgan fingerprint density at radius 2 is 1.47 bits per heavy atom. The molecule has 0 aliphatic rings. The summed E-state index contributed by atoms with van der Waals surface area (Å²) < 4.78 is 12.3. The van der Waals surface area contributed by atoms with E-state index in [4.69, 9.17) is 49.3 Å². The largest absolute Gasteiger partial charge is 0.497 e. The van der Waals surface area contributed by atoms with Crippen LogP contribution in [0.1, 0.15) is 36.7 Å². The minimum Gasteiger partial charge on any atom is -0.497 e. The smallest absolute Gasteiger partial charge is 0.265 e. The SMILES string of the molecule is COc1ccc(Cn2c(=O)c(C(C)=O)c(N(C(C)=O)C(C)=O)c3cc(-c4ccc(Cl)cc4)c(-c4ccc(Cl)cc4Cl)nc32)c(OC)c1. The number of ether oxygens (including phenoxy) is 2. The van der Waals surface area contributed by atoms with Gasteiger partial charge in [-0.15, -0.1) is 0 Å². The number of imide groups is 1. The Balaban J connectivity index is 2.01. The number of amides is 2. The number of Topliss-reactive ketones (excluding diaryl/α,β-unsaturated/α-hetero) is 1. The lowest BCUT2D eigenvalue weighted by molar-refractivity contribution is -0.124. The third-order valence-electron chi connectivity index (χ3n) is 7.58. The summed E-state index contributed by atoms with van der Waals surface area (Å²) in [4.78, 5) is 59.5. The number of ketones is 1. The Bertz CT molecular complexity index is 2130. The molecule has 2 amide bonds. The molecule has 3 aromatic carbocycles. The maximum Gasteiger partial charge on any atom is 0.265 e. The number of carbonyl (C=O) groups is 3. The normalized spacial score (nSPS) is 11.0. The highest BCUT2D eigenvalue weighted by molar-refractivity contribution is 6.36. The first-order valence-electron chi connectivity index (χ1n) is 14.2. The lowest BCUT2D eigenvalue weighted by atomic mass is 9.96. The Morgan fingerprint density at radius 1 is 0.809 bits per heavy atom. The number of methoxy groups -OCH3 is 2. The van der Waals surface area contributed by atoms with Crippen molar-refractivity contribution in [2.75, 3.05) is 19.1 Å². The number of carbonyl (C=O) groups excluding carboxylic acids is 3. The van der Waals surface area contributed by atoms with Gasteiger partial charge in [0.2, 0.25) is 11.8 Å². The fourth-order valence-corrected chi connectivity index (χ4v) is 6.10. The first kappa shape index (κ1) is 33.7. The van der Waals surface area contributed by atoms with Crippen molar-refractivity contribution in [3.8, 4) is 33.9 Å². The molecule has 0 aliphatic carbocycles. The van der Waals surface area contributed by atoms with Gasteiger partial charge < -0.3 is 9.47 Å². The van der Waals surface area contributed by atoms with Gasteiger partial charge in [-0.05, 0) is 61.0 Å². The van der Waals surface area contributed by atoms with E-state index in [0.29, 0.717) is 54.5 Å². The molecule has 0 atom stereocenters. The second-order valence-corrected chi connectivity index (χ2v) is 11.9. The molecule has 9 nitrogen and oxygen atoms in total. The van der Waals surface area contributed by atoms with Crippen molar-refractivity contribution in [3.63, 3.8) is 0 Å². The van der Waals surface area contributed by atoms with Gasteiger partial charge in [-0.25, -0.2) is 9.88 Å². The number of anilines is 1. The van der Waals surface area contributed by atoms with Gasteiger partial charge in [-0.3, -0.25) is 23.7 Å². The van der Waals surface area contributed by atoms with Crippen molar-refractivity contribution < 1.29 is 23.9 Å². The van der Waals surface area contributed by atoms with Crippen molar-refractivity contribution in [2.45, 2.75) is 27.3 Å². The Kier molecular flexibility index (Phi) is 9.72.